The van der Waals surface area contributed by atoms with Crippen molar-refractivity contribution in [3.8, 4) is 0 Å². The van der Waals surface area contributed by atoms with Crippen LogP contribution in [0.4, 0.5) is 10.1 Å². The molecule has 0 atom stereocenters. The van der Waals surface area contributed by atoms with Crippen LogP contribution in [0.3, 0.4) is 0 Å². The van der Waals surface area contributed by atoms with Gasteiger partial charge in [0.1, 0.15) is 5.82 Å². The fourth-order valence-electron chi connectivity index (χ4n) is 1.58. The number of hydrogen-bond acceptors (Lipinski definition) is 2. The predicted molar refractivity (Wildman–Crippen MR) is 66.8 cm³/mol. The highest BCUT2D eigenvalue weighted by molar-refractivity contribution is 6.33. The first-order chi connectivity index (χ1) is 8.15. The summed E-state index contributed by atoms with van der Waals surface area (Å²) in [6.07, 6.45) is 4.64. The predicted octanol–water partition coefficient (Wildman–Crippen LogP) is 2.87. The minimum atomic E-state index is -0.326. The second kappa shape index (κ2) is 5.19. The van der Waals surface area contributed by atoms with E-state index in [1.54, 1.807) is 10.7 Å². The number of benzene rings is 1. The number of aryl methyl sites for hydroxylation is 1. The molecule has 0 saturated carbocycles. The Kier molecular flexibility index (Phi) is 3.64. The molecule has 90 valence electrons. The second-order valence-electron chi connectivity index (χ2n) is 3.82. The zero-order valence-electron chi connectivity index (χ0n) is 9.45. The van der Waals surface area contributed by atoms with Crippen molar-refractivity contribution in [3.05, 3.63) is 47.0 Å². The Labute approximate surface area is 104 Å². The maximum absolute atomic E-state index is 12.8. The maximum Gasteiger partial charge on any atom is 0.124 e. The molecule has 0 bridgehead atoms. The summed E-state index contributed by atoms with van der Waals surface area (Å²) < 4.78 is 14.6. The summed E-state index contributed by atoms with van der Waals surface area (Å²) >= 11 is 5.90. The highest BCUT2D eigenvalue weighted by atomic mass is 35.5. The SMILES string of the molecule is Cn1cc(CCNc2ccc(F)cc2Cl)cn1. The molecule has 2 rings (SSSR count). The van der Waals surface area contributed by atoms with Crippen molar-refractivity contribution in [1.82, 2.24) is 9.78 Å². The van der Waals surface area contributed by atoms with Gasteiger partial charge in [-0.1, -0.05) is 11.6 Å². The van der Waals surface area contributed by atoms with Crippen LogP contribution in [0.25, 0.3) is 0 Å². The number of nitrogens with zero attached hydrogens (tertiary/aromatic N) is 2. The van der Waals surface area contributed by atoms with Crippen LogP contribution >= 0.6 is 11.6 Å². The van der Waals surface area contributed by atoms with Crippen LogP contribution in [0.1, 0.15) is 5.56 Å². The van der Waals surface area contributed by atoms with Gasteiger partial charge in [0.25, 0.3) is 0 Å². The molecule has 1 aromatic carbocycles. The maximum atomic E-state index is 12.8. The van der Waals surface area contributed by atoms with Crippen LogP contribution in [0, 0.1) is 5.82 Å². The highest BCUT2D eigenvalue weighted by Crippen LogP contribution is 2.22. The lowest BCUT2D eigenvalue weighted by Gasteiger charge is -2.07. The van der Waals surface area contributed by atoms with Crippen molar-refractivity contribution in [2.24, 2.45) is 7.05 Å². The summed E-state index contributed by atoms with van der Waals surface area (Å²) in [6, 6.07) is 4.33. The molecule has 1 aromatic heterocycles. The number of aromatic nitrogens is 2. The van der Waals surface area contributed by atoms with Gasteiger partial charge in [0, 0.05) is 19.8 Å². The fraction of sp³-hybridized carbons (Fsp3) is 0.250. The van der Waals surface area contributed by atoms with Crippen LogP contribution in [0.5, 0.6) is 0 Å². The molecular formula is C12H13ClFN3. The van der Waals surface area contributed by atoms with Gasteiger partial charge < -0.3 is 5.32 Å². The molecule has 0 radical (unpaired) electrons. The molecule has 0 fully saturated rings. The standard InChI is InChI=1S/C12H13ClFN3/c1-17-8-9(7-16-17)4-5-15-12-3-2-10(14)6-11(12)13/h2-3,6-8,15H,4-5H2,1H3. The first-order valence-corrected chi connectivity index (χ1v) is 5.69. The lowest BCUT2D eigenvalue weighted by Crippen LogP contribution is -2.04. The molecule has 3 nitrogen and oxygen atoms in total. The number of hydrogen-bond donors (Lipinski definition) is 1. The van der Waals surface area contributed by atoms with E-state index in [4.69, 9.17) is 11.6 Å². The minimum Gasteiger partial charge on any atom is -0.384 e. The molecule has 0 saturated heterocycles. The first-order valence-electron chi connectivity index (χ1n) is 5.31. The molecule has 0 aliphatic rings. The van der Waals surface area contributed by atoms with Crippen molar-refractivity contribution >= 4 is 17.3 Å². The highest BCUT2D eigenvalue weighted by Gasteiger charge is 2.01. The third kappa shape index (κ3) is 3.20. The minimum absolute atomic E-state index is 0.326. The van der Waals surface area contributed by atoms with Crippen molar-refractivity contribution in [2.45, 2.75) is 6.42 Å². The van der Waals surface area contributed by atoms with Crippen molar-refractivity contribution < 1.29 is 4.39 Å². The van der Waals surface area contributed by atoms with Crippen LogP contribution in [0.2, 0.25) is 5.02 Å². The Morgan fingerprint density at radius 1 is 1.47 bits per heavy atom. The van der Waals surface area contributed by atoms with Gasteiger partial charge in [0.05, 0.1) is 16.9 Å². The van der Waals surface area contributed by atoms with E-state index in [-0.39, 0.29) is 5.82 Å². The second-order valence-corrected chi connectivity index (χ2v) is 4.23. The number of halogens is 2. The van der Waals surface area contributed by atoms with Gasteiger partial charge in [-0.15, -0.1) is 0 Å². The first kappa shape index (κ1) is 11.9. The largest absolute Gasteiger partial charge is 0.384 e. The molecular weight excluding hydrogens is 241 g/mol. The number of nitrogens with one attached hydrogen (secondary N) is 1. The fourth-order valence-corrected chi connectivity index (χ4v) is 1.81. The molecule has 0 amide bonds. The smallest absolute Gasteiger partial charge is 0.124 e. The molecule has 1 heterocycles. The van der Waals surface area contributed by atoms with E-state index in [1.165, 1.54) is 12.1 Å². The molecule has 2 aromatic rings. The summed E-state index contributed by atoms with van der Waals surface area (Å²) in [5, 5.41) is 7.65. The molecule has 1 N–H and O–H groups in total. The lowest BCUT2D eigenvalue weighted by atomic mass is 10.2. The molecule has 0 aliphatic heterocycles. The van der Waals surface area contributed by atoms with Gasteiger partial charge in [-0.05, 0) is 30.2 Å². The Morgan fingerprint density at radius 2 is 2.29 bits per heavy atom. The summed E-state index contributed by atoms with van der Waals surface area (Å²) in [6.45, 7) is 0.733. The Morgan fingerprint density at radius 3 is 2.94 bits per heavy atom. The van der Waals surface area contributed by atoms with Crippen molar-refractivity contribution in [2.75, 3.05) is 11.9 Å². The van der Waals surface area contributed by atoms with E-state index in [9.17, 15) is 4.39 Å². The Bertz CT molecular complexity index is 510. The van der Waals surface area contributed by atoms with Crippen molar-refractivity contribution in [3.63, 3.8) is 0 Å². The molecule has 0 unspecified atom stereocenters. The zero-order valence-corrected chi connectivity index (χ0v) is 10.2. The van der Waals surface area contributed by atoms with E-state index in [0.717, 1.165) is 24.2 Å². The van der Waals surface area contributed by atoms with Crippen LogP contribution in [0.15, 0.2) is 30.6 Å². The van der Waals surface area contributed by atoms with E-state index >= 15 is 0 Å². The normalized spacial score (nSPS) is 10.5. The van der Waals surface area contributed by atoms with E-state index < -0.39 is 0 Å². The van der Waals surface area contributed by atoms with Gasteiger partial charge in [0.15, 0.2) is 0 Å². The third-order valence-electron chi connectivity index (χ3n) is 2.42. The monoisotopic (exact) mass is 253 g/mol. The van der Waals surface area contributed by atoms with E-state index in [2.05, 4.69) is 10.4 Å². The number of anilines is 1. The van der Waals surface area contributed by atoms with E-state index in [1.807, 2.05) is 19.4 Å². The molecule has 0 aliphatic carbocycles. The van der Waals surface area contributed by atoms with Crippen LogP contribution in [-0.2, 0) is 13.5 Å². The Hall–Kier alpha value is -1.55. The quantitative estimate of drug-likeness (QED) is 0.908. The number of rotatable bonds is 4. The van der Waals surface area contributed by atoms with Gasteiger partial charge >= 0.3 is 0 Å². The molecule has 17 heavy (non-hydrogen) atoms. The van der Waals surface area contributed by atoms with E-state index in [0.29, 0.717) is 5.02 Å². The summed E-state index contributed by atoms with van der Waals surface area (Å²) in [7, 11) is 1.88. The molecule has 5 heteroatoms. The molecule has 0 spiro atoms. The van der Waals surface area contributed by atoms with Crippen LogP contribution < -0.4 is 5.32 Å². The Balaban J connectivity index is 1.90. The lowest BCUT2D eigenvalue weighted by molar-refractivity contribution is 0.628. The van der Waals surface area contributed by atoms with Crippen molar-refractivity contribution in [1.29, 1.82) is 0 Å². The zero-order chi connectivity index (χ0) is 12.3. The topological polar surface area (TPSA) is 29.9 Å². The third-order valence-corrected chi connectivity index (χ3v) is 2.73. The summed E-state index contributed by atoms with van der Waals surface area (Å²) in [5.41, 5.74) is 1.90. The van der Waals surface area contributed by atoms with Gasteiger partial charge in [0.2, 0.25) is 0 Å². The average molecular weight is 254 g/mol. The summed E-state index contributed by atoms with van der Waals surface area (Å²) in [5.74, 6) is -0.326. The van der Waals surface area contributed by atoms with Gasteiger partial charge in [-0.3, -0.25) is 4.68 Å². The average Bonchev–Trinajstić information content (AvgIpc) is 2.68. The van der Waals surface area contributed by atoms with Crippen LogP contribution in [-0.4, -0.2) is 16.3 Å². The van der Waals surface area contributed by atoms with Gasteiger partial charge in [-0.25, -0.2) is 4.39 Å². The van der Waals surface area contributed by atoms with Gasteiger partial charge in [-0.2, -0.15) is 5.10 Å². The summed E-state index contributed by atoms with van der Waals surface area (Å²) in [4.78, 5) is 0.